The van der Waals surface area contributed by atoms with E-state index in [1.165, 1.54) is 0 Å². The van der Waals surface area contributed by atoms with E-state index in [9.17, 15) is 0 Å². The highest BCUT2D eigenvalue weighted by Crippen LogP contribution is 2.08. The number of hydrogen-bond acceptors (Lipinski definition) is 3. The Bertz CT molecular complexity index is 132. The first-order valence-electron chi connectivity index (χ1n) is 4.21. The van der Waals surface area contributed by atoms with Crippen molar-refractivity contribution in [2.24, 2.45) is 5.92 Å². The molecule has 72 valence electrons. The Labute approximate surface area is 73.4 Å². The fourth-order valence-corrected chi connectivity index (χ4v) is 0.708. The fourth-order valence-electron chi connectivity index (χ4n) is 0.708. The zero-order chi connectivity index (χ0) is 9.56. The largest absolute Gasteiger partial charge is 0.393 e. The summed E-state index contributed by atoms with van der Waals surface area (Å²) in [5.74, 6) is 0.187. The number of aliphatic hydroxyl groups excluding tert-OH is 3. The first kappa shape index (κ1) is 11.6. The standard InChI is InChI=1S/C9H18O3/c1-7(8(2)11)4-3-5-9(12)6-10/h3,5,7-12H,4,6H2,1-2H3/b5-3+/t7-,8+,9+/m1/s1. The fraction of sp³-hybridized carbons (Fsp3) is 0.778. The molecule has 0 fully saturated rings. The summed E-state index contributed by atoms with van der Waals surface area (Å²) in [6, 6.07) is 0. The molecule has 0 unspecified atom stereocenters. The lowest BCUT2D eigenvalue weighted by Gasteiger charge is -2.11. The van der Waals surface area contributed by atoms with Crippen molar-refractivity contribution in [3.8, 4) is 0 Å². The lowest BCUT2D eigenvalue weighted by atomic mass is 10.0. The van der Waals surface area contributed by atoms with Gasteiger partial charge in [-0.1, -0.05) is 19.1 Å². The minimum atomic E-state index is -0.772. The molecule has 3 atom stereocenters. The predicted octanol–water partition coefficient (Wildman–Crippen LogP) is 0.303. The Morgan fingerprint density at radius 3 is 2.25 bits per heavy atom. The van der Waals surface area contributed by atoms with E-state index in [-0.39, 0.29) is 18.6 Å². The van der Waals surface area contributed by atoms with E-state index in [4.69, 9.17) is 15.3 Å². The lowest BCUT2D eigenvalue weighted by Crippen LogP contribution is -2.12. The molecule has 0 aromatic rings. The maximum Gasteiger partial charge on any atom is 0.0951 e. The molecule has 0 saturated carbocycles. The van der Waals surface area contributed by atoms with Gasteiger partial charge in [0.1, 0.15) is 0 Å². The second kappa shape index (κ2) is 6.17. The molecule has 0 aromatic carbocycles. The smallest absolute Gasteiger partial charge is 0.0951 e. The summed E-state index contributed by atoms with van der Waals surface area (Å²) >= 11 is 0. The van der Waals surface area contributed by atoms with Gasteiger partial charge in [0.15, 0.2) is 0 Å². The van der Waals surface area contributed by atoms with Gasteiger partial charge in [-0.15, -0.1) is 0 Å². The van der Waals surface area contributed by atoms with Crippen LogP contribution in [0.1, 0.15) is 20.3 Å². The van der Waals surface area contributed by atoms with Crippen LogP contribution in [0.25, 0.3) is 0 Å². The monoisotopic (exact) mass is 174 g/mol. The second-order valence-electron chi connectivity index (χ2n) is 3.13. The van der Waals surface area contributed by atoms with Crippen molar-refractivity contribution in [1.82, 2.24) is 0 Å². The summed E-state index contributed by atoms with van der Waals surface area (Å²) in [6.45, 7) is 3.42. The van der Waals surface area contributed by atoms with Crippen LogP contribution in [0.5, 0.6) is 0 Å². The van der Waals surface area contributed by atoms with Gasteiger partial charge < -0.3 is 15.3 Å². The molecular formula is C9H18O3. The second-order valence-corrected chi connectivity index (χ2v) is 3.13. The van der Waals surface area contributed by atoms with Gasteiger partial charge in [0.2, 0.25) is 0 Å². The topological polar surface area (TPSA) is 60.7 Å². The van der Waals surface area contributed by atoms with Crippen LogP contribution in [0.4, 0.5) is 0 Å². The SMILES string of the molecule is C[C@H](O)[C@H](C)C/C=C/[C@H](O)CO. The van der Waals surface area contributed by atoms with Gasteiger partial charge in [0, 0.05) is 0 Å². The first-order valence-corrected chi connectivity index (χ1v) is 4.21. The van der Waals surface area contributed by atoms with E-state index in [0.29, 0.717) is 6.42 Å². The lowest BCUT2D eigenvalue weighted by molar-refractivity contribution is 0.128. The van der Waals surface area contributed by atoms with E-state index in [2.05, 4.69) is 0 Å². The normalized spacial score (nSPS) is 19.4. The minimum Gasteiger partial charge on any atom is -0.393 e. The first-order chi connectivity index (χ1) is 5.57. The average molecular weight is 174 g/mol. The van der Waals surface area contributed by atoms with Gasteiger partial charge in [-0.05, 0) is 19.3 Å². The molecule has 0 rings (SSSR count). The minimum absolute atomic E-state index is 0.187. The predicted molar refractivity (Wildman–Crippen MR) is 47.7 cm³/mol. The van der Waals surface area contributed by atoms with Crippen LogP contribution in [-0.2, 0) is 0 Å². The Kier molecular flexibility index (Phi) is 5.98. The molecule has 12 heavy (non-hydrogen) atoms. The summed E-state index contributed by atoms with van der Waals surface area (Å²) in [4.78, 5) is 0. The van der Waals surface area contributed by atoms with Gasteiger partial charge in [-0.2, -0.15) is 0 Å². The summed E-state index contributed by atoms with van der Waals surface area (Å²) in [5, 5.41) is 26.5. The molecule has 3 nitrogen and oxygen atoms in total. The molecule has 0 heterocycles. The summed E-state index contributed by atoms with van der Waals surface area (Å²) < 4.78 is 0. The molecule has 0 saturated heterocycles. The van der Waals surface area contributed by atoms with Crippen molar-refractivity contribution >= 4 is 0 Å². The van der Waals surface area contributed by atoms with Gasteiger partial charge in [-0.3, -0.25) is 0 Å². The number of aliphatic hydroxyl groups is 3. The molecule has 0 aromatic heterocycles. The van der Waals surface area contributed by atoms with Crippen molar-refractivity contribution in [2.45, 2.75) is 32.5 Å². The van der Waals surface area contributed by atoms with Crippen LogP contribution in [0, 0.1) is 5.92 Å². The molecule has 0 bridgehead atoms. The molecule has 0 amide bonds. The van der Waals surface area contributed by atoms with E-state index in [0.717, 1.165) is 0 Å². The van der Waals surface area contributed by atoms with Crippen LogP contribution in [-0.4, -0.2) is 34.1 Å². The highest BCUT2D eigenvalue weighted by atomic mass is 16.3. The zero-order valence-electron chi connectivity index (χ0n) is 7.64. The van der Waals surface area contributed by atoms with Crippen LogP contribution in [0.15, 0.2) is 12.2 Å². The maximum absolute atomic E-state index is 9.10. The van der Waals surface area contributed by atoms with Gasteiger partial charge >= 0.3 is 0 Å². The third-order valence-corrected chi connectivity index (χ3v) is 1.88. The van der Waals surface area contributed by atoms with Gasteiger partial charge in [-0.25, -0.2) is 0 Å². The molecule has 3 N–H and O–H groups in total. The molecular weight excluding hydrogens is 156 g/mol. The van der Waals surface area contributed by atoms with Crippen molar-refractivity contribution in [2.75, 3.05) is 6.61 Å². The number of allylic oxidation sites excluding steroid dienone is 1. The quantitative estimate of drug-likeness (QED) is 0.525. The Hall–Kier alpha value is -0.380. The van der Waals surface area contributed by atoms with Crippen LogP contribution >= 0.6 is 0 Å². The van der Waals surface area contributed by atoms with Crippen molar-refractivity contribution in [3.63, 3.8) is 0 Å². The Balaban J connectivity index is 3.59. The molecule has 0 aliphatic carbocycles. The highest BCUT2D eigenvalue weighted by molar-refractivity contribution is 4.89. The summed E-state index contributed by atoms with van der Waals surface area (Å²) in [5.41, 5.74) is 0. The third kappa shape index (κ3) is 5.29. The number of rotatable bonds is 5. The van der Waals surface area contributed by atoms with E-state index < -0.39 is 6.10 Å². The van der Waals surface area contributed by atoms with Crippen molar-refractivity contribution < 1.29 is 15.3 Å². The third-order valence-electron chi connectivity index (χ3n) is 1.88. The van der Waals surface area contributed by atoms with Gasteiger partial charge in [0.05, 0.1) is 18.8 Å². The van der Waals surface area contributed by atoms with Gasteiger partial charge in [0.25, 0.3) is 0 Å². The Morgan fingerprint density at radius 1 is 1.25 bits per heavy atom. The molecule has 3 heteroatoms. The summed E-state index contributed by atoms with van der Waals surface area (Å²) in [7, 11) is 0. The Morgan fingerprint density at radius 2 is 1.83 bits per heavy atom. The van der Waals surface area contributed by atoms with E-state index in [1.807, 2.05) is 6.92 Å². The molecule has 0 spiro atoms. The number of hydrogen-bond donors (Lipinski definition) is 3. The van der Waals surface area contributed by atoms with Crippen LogP contribution in [0.2, 0.25) is 0 Å². The van der Waals surface area contributed by atoms with E-state index >= 15 is 0 Å². The highest BCUT2D eigenvalue weighted by Gasteiger charge is 2.05. The van der Waals surface area contributed by atoms with E-state index in [1.54, 1.807) is 19.1 Å². The van der Waals surface area contributed by atoms with Crippen molar-refractivity contribution in [3.05, 3.63) is 12.2 Å². The molecule has 0 radical (unpaired) electrons. The maximum atomic E-state index is 9.10. The van der Waals surface area contributed by atoms with Crippen LogP contribution in [0.3, 0.4) is 0 Å². The zero-order valence-corrected chi connectivity index (χ0v) is 7.64. The van der Waals surface area contributed by atoms with Crippen molar-refractivity contribution in [1.29, 1.82) is 0 Å². The molecule has 0 aliphatic rings. The van der Waals surface area contributed by atoms with Crippen LogP contribution < -0.4 is 0 Å². The average Bonchev–Trinajstić information content (AvgIpc) is 2.03. The summed E-state index contributed by atoms with van der Waals surface area (Å²) in [6.07, 6.45) is 2.93. The molecule has 0 aliphatic heterocycles.